The SMILES string of the molecule is CC(Nc1ncnc2c1cnn2C)c1ccccc1N. The molecule has 0 spiro atoms. The molecule has 6 nitrogen and oxygen atoms in total. The molecular weight excluding hydrogens is 252 g/mol. The number of nitrogens with zero attached hydrogens (tertiary/aromatic N) is 4. The van der Waals surface area contributed by atoms with Crippen LogP contribution in [-0.4, -0.2) is 19.7 Å². The summed E-state index contributed by atoms with van der Waals surface area (Å²) in [6, 6.07) is 7.86. The van der Waals surface area contributed by atoms with Gasteiger partial charge in [0.2, 0.25) is 0 Å². The zero-order chi connectivity index (χ0) is 14.1. The molecule has 1 unspecified atom stereocenters. The molecule has 0 saturated heterocycles. The zero-order valence-electron chi connectivity index (χ0n) is 11.4. The van der Waals surface area contributed by atoms with E-state index >= 15 is 0 Å². The van der Waals surface area contributed by atoms with Gasteiger partial charge in [0, 0.05) is 12.7 Å². The summed E-state index contributed by atoms with van der Waals surface area (Å²) in [7, 11) is 1.86. The number of fused-ring (bicyclic) bond motifs is 1. The third-order valence-electron chi connectivity index (χ3n) is 3.35. The molecule has 0 radical (unpaired) electrons. The van der Waals surface area contributed by atoms with Crippen LogP contribution in [0.5, 0.6) is 0 Å². The number of aryl methyl sites for hydroxylation is 1. The maximum atomic E-state index is 6.00. The predicted octanol–water partition coefficient (Wildman–Crippen LogP) is 2.12. The predicted molar refractivity (Wildman–Crippen MR) is 79.2 cm³/mol. The van der Waals surface area contributed by atoms with Gasteiger partial charge < -0.3 is 11.1 Å². The summed E-state index contributed by atoms with van der Waals surface area (Å²) in [5.74, 6) is 0.763. The molecule has 1 atom stereocenters. The first-order valence-electron chi connectivity index (χ1n) is 6.40. The van der Waals surface area contributed by atoms with Gasteiger partial charge >= 0.3 is 0 Å². The van der Waals surface area contributed by atoms with Crippen molar-refractivity contribution in [1.29, 1.82) is 0 Å². The molecule has 6 heteroatoms. The number of aromatic nitrogens is 4. The van der Waals surface area contributed by atoms with Crippen LogP contribution < -0.4 is 11.1 Å². The van der Waals surface area contributed by atoms with E-state index in [-0.39, 0.29) is 6.04 Å². The van der Waals surface area contributed by atoms with Gasteiger partial charge in [-0.2, -0.15) is 5.10 Å². The maximum absolute atomic E-state index is 6.00. The Labute approximate surface area is 116 Å². The number of anilines is 2. The van der Waals surface area contributed by atoms with Crippen molar-refractivity contribution in [3.05, 3.63) is 42.4 Å². The summed E-state index contributed by atoms with van der Waals surface area (Å²) in [4.78, 5) is 8.52. The van der Waals surface area contributed by atoms with E-state index < -0.39 is 0 Å². The average molecular weight is 268 g/mol. The first-order valence-corrected chi connectivity index (χ1v) is 6.40. The van der Waals surface area contributed by atoms with Crippen molar-refractivity contribution in [2.24, 2.45) is 7.05 Å². The number of nitrogens with one attached hydrogen (secondary N) is 1. The molecule has 3 rings (SSSR count). The van der Waals surface area contributed by atoms with E-state index in [1.54, 1.807) is 10.9 Å². The lowest BCUT2D eigenvalue weighted by Crippen LogP contribution is -2.10. The van der Waals surface area contributed by atoms with E-state index in [9.17, 15) is 0 Å². The van der Waals surface area contributed by atoms with Gasteiger partial charge in [0.05, 0.1) is 17.6 Å². The van der Waals surface area contributed by atoms with Gasteiger partial charge in [0.1, 0.15) is 12.1 Å². The topological polar surface area (TPSA) is 81.7 Å². The normalized spacial score (nSPS) is 12.5. The van der Waals surface area contributed by atoms with Crippen molar-refractivity contribution in [1.82, 2.24) is 19.7 Å². The van der Waals surface area contributed by atoms with Crippen LogP contribution in [0.25, 0.3) is 11.0 Å². The van der Waals surface area contributed by atoms with Crippen LogP contribution in [0.15, 0.2) is 36.8 Å². The van der Waals surface area contributed by atoms with Gasteiger partial charge in [-0.1, -0.05) is 18.2 Å². The minimum absolute atomic E-state index is 0.0505. The lowest BCUT2D eigenvalue weighted by Gasteiger charge is -2.17. The molecular formula is C14H16N6. The summed E-state index contributed by atoms with van der Waals surface area (Å²) in [6.07, 6.45) is 3.30. The van der Waals surface area contributed by atoms with Gasteiger partial charge in [0.25, 0.3) is 0 Å². The van der Waals surface area contributed by atoms with Crippen LogP contribution in [0.1, 0.15) is 18.5 Å². The molecule has 0 saturated carbocycles. The molecule has 1 aromatic carbocycles. The fourth-order valence-corrected chi connectivity index (χ4v) is 2.27. The third kappa shape index (κ3) is 2.05. The molecule has 0 aliphatic heterocycles. The van der Waals surface area contributed by atoms with E-state index in [2.05, 4.69) is 27.3 Å². The van der Waals surface area contributed by atoms with Crippen molar-refractivity contribution in [3.8, 4) is 0 Å². The number of hydrogen-bond donors (Lipinski definition) is 2. The van der Waals surface area contributed by atoms with Gasteiger partial charge in [0.15, 0.2) is 5.65 Å². The number of benzene rings is 1. The number of rotatable bonds is 3. The van der Waals surface area contributed by atoms with Crippen LogP contribution in [0.4, 0.5) is 11.5 Å². The first kappa shape index (κ1) is 12.4. The number of para-hydroxylation sites is 1. The summed E-state index contributed by atoms with van der Waals surface area (Å²) >= 11 is 0. The molecule has 0 fully saturated rings. The largest absolute Gasteiger partial charge is 0.398 e. The van der Waals surface area contributed by atoms with Crippen LogP contribution in [0.2, 0.25) is 0 Å². The monoisotopic (exact) mass is 268 g/mol. The van der Waals surface area contributed by atoms with E-state index in [4.69, 9.17) is 5.73 Å². The Kier molecular flexibility index (Phi) is 2.98. The molecule has 20 heavy (non-hydrogen) atoms. The van der Waals surface area contributed by atoms with E-state index in [1.807, 2.05) is 31.3 Å². The standard InChI is InChI=1S/C14H16N6/c1-9(10-5-3-4-6-12(10)15)19-13-11-7-18-20(2)14(11)17-8-16-13/h3-9H,15H2,1-2H3,(H,16,17,19). The van der Waals surface area contributed by atoms with Crippen LogP contribution in [-0.2, 0) is 7.05 Å². The minimum atomic E-state index is 0.0505. The maximum Gasteiger partial charge on any atom is 0.163 e. The van der Waals surface area contributed by atoms with Gasteiger partial charge in [-0.15, -0.1) is 0 Å². The summed E-state index contributed by atoms with van der Waals surface area (Å²) < 4.78 is 1.73. The van der Waals surface area contributed by atoms with Crippen molar-refractivity contribution in [2.75, 3.05) is 11.1 Å². The van der Waals surface area contributed by atoms with Crippen molar-refractivity contribution in [2.45, 2.75) is 13.0 Å². The zero-order valence-corrected chi connectivity index (χ0v) is 11.4. The number of hydrogen-bond acceptors (Lipinski definition) is 5. The lowest BCUT2D eigenvalue weighted by molar-refractivity contribution is 0.785. The molecule has 0 aliphatic rings. The van der Waals surface area contributed by atoms with Crippen molar-refractivity contribution < 1.29 is 0 Å². The fraction of sp³-hybridized carbons (Fsp3) is 0.214. The summed E-state index contributed by atoms with van der Waals surface area (Å²) in [5.41, 5.74) is 8.62. The first-order chi connectivity index (χ1) is 9.66. The second-order valence-corrected chi connectivity index (χ2v) is 4.72. The quantitative estimate of drug-likeness (QED) is 0.711. The van der Waals surface area contributed by atoms with E-state index in [0.29, 0.717) is 0 Å². The Hall–Kier alpha value is -2.63. The average Bonchev–Trinajstić information content (AvgIpc) is 2.82. The van der Waals surface area contributed by atoms with Crippen LogP contribution in [0, 0.1) is 0 Å². The Morgan fingerprint density at radius 2 is 2.05 bits per heavy atom. The highest BCUT2D eigenvalue weighted by molar-refractivity contribution is 5.86. The van der Waals surface area contributed by atoms with Gasteiger partial charge in [-0.05, 0) is 18.6 Å². The van der Waals surface area contributed by atoms with Crippen molar-refractivity contribution in [3.63, 3.8) is 0 Å². The number of nitrogens with two attached hydrogens (primary N) is 1. The summed E-state index contributed by atoms with van der Waals surface area (Å²) in [6.45, 7) is 2.05. The third-order valence-corrected chi connectivity index (χ3v) is 3.35. The lowest BCUT2D eigenvalue weighted by atomic mass is 10.1. The van der Waals surface area contributed by atoms with Crippen LogP contribution >= 0.6 is 0 Å². The van der Waals surface area contributed by atoms with Crippen molar-refractivity contribution >= 4 is 22.5 Å². The van der Waals surface area contributed by atoms with E-state index in [1.165, 1.54) is 6.33 Å². The Morgan fingerprint density at radius 1 is 1.25 bits per heavy atom. The minimum Gasteiger partial charge on any atom is -0.398 e. The fourth-order valence-electron chi connectivity index (χ4n) is 2.27. The molecule has 0 aliphatic carbocycles. The Bertz CT molecular complexity index is 748. The number of nitrogen functional groups attached to an aromatic ring is 1. The van der Waals surface area contributed by atoms with Gasteiger partial charge in [-0.25, -0.2) is 9.97 Å². The second kappa shape index (κ2) is 4.80. The highest BCUT2D eigenvalue weighted by atomic mass is 15.3. The Morgan fingerprint density at radius 3 is 2.85 bits per heavy atom. The second-order valence-electron chi connectivity index (χ2n) is 4.72. The molecule has 2 heterocycles. The molecule has 3 N–H and O–H groups in total. The summed E-state index contributed by atoms with van der Waals surface area (Å²) in [5, 5.41) is 8.47. The van der Waals surface area contributed by atoms with Gasteiger partial charge in [-0.3, -0.25) is 4.68 Å². The molecule has 0 amide bonds. The van der Waals surface area contributed by atoms with E-state index in [0.717, 1.165) is 28.1 Å². The highest BCUT2D eigenvalue weighted by Gasteiger charge is 2.12. The highest BCUT2D eigenvalue weighted by Crippen LogP contribution is 2.26. The Balaban J connectivity index is 1.95. The molecule has 2 aromatic heterocycles. The smallest absolute Gasteiger partial charge is 0.163 e. The van der Waals surface area contributed by atoms with Crippen LogP contribution in [0.3, 0.4) is 0 Å². The molecule has 0 bridgehead atoms. The molecule has 3 aromatic rings. The molecule has 102 valence electrons.